The van der Waals surface area contributed by atoms with E-state index in [0.717, 1.165) is 5.75 Å². The van der Waals surface area contributed by atoms with Gasteiger partial charge in [0.05, 0.1) is 0 Å². The third-order valence-electron chi connectivity index (χ3n) is 2.79. The van der Waals surface area contributed by atoms with Crippen LogP contribution in [0.5, 0.6) is 5.75 Å². The quantitative estimate of drug-likeness (QED) is 0.598. The zero-order chi connectivity index (χ0) is 12.1. The fourth-order valence-electron chi connectivity index (χ4n) is 1.75. The molecule has 0 bridgehead atoms. The summed E-state index contributed by atoms with van der Waals surface area (Å²) in [6.07, 6.45) is 2.69. The van der Waals surface area contributed by atoms with E-state index in [2.05, 4.69) is 37.3 Å². The molecule has 0 aliphatic heterocycles. The summed E-state index contributed by atoms with van der Waals surface area (Å²) >= 11 is 0.0230. The van der Waals surface area contributed by atoms with E-state index >= 15 is 0 Å². The molecule has 0 unspecified atom stereocenters. The normalized spacial score (nSPS) is 10.7. The molecule has 2 rings (SSSR count). The number of benzene rings is 2. The Bertz CT molecular complexity index is 493. The maximum atomic E-state index is 5.24. The van der Waals surface area contributed by atoms with Gasteiger partial charge in [-0.15, -0.1) is 0 Å². The minimum atomic E-state index is 0.0230. The Morgan fingerprint density at radius 2 is 1.82 bits per heavy atom. The van der Waals surface area contributed by atoms with Gasteiger partial charge in [0.15, 0.2) is 0 Å². The van der Waals surface area contributed by atoms with Crippen molar-refractivity contribution in [1.29, 1.82) is 0 Å². The SMILES string of the molecule is CCCC[Te]c1ccc2cc(OC)ccc2c1. The number of methoxy groups -OCH3 is 1. The number of fused-ring (bicyclic) bond motifs is 1. The van der Waals surface area contributed by atoms with Crippen molar-refractivity contribution in [3.63, 3.8) is 0 Å². The van der Waals surface area contributed by atoms with Crippen LogP contribution in [0.4, 0.5) is 0 Å². The Hall–Kier alpha value is -0.710. The molecule has 90 valence electrons. The van der Waals surface area contributed by atoms with Gasteiger partial charge in [-0.2, -0.15) is 0 Å². The summed E-state index contributed by atoms with van der Waals surface area (Å²) in [5, 5.41) is 2.61. The van der Waals surface area contributed by atoms with Gasteiger partial charge in [0, 0.05) is 0 Å². The van der Waals surface area contributed by atoms with Crippen LogP contribution in [0.3, 0.4) is 0 Å². The second-order valence-electron chi connectivity index (χ2n) is 4.08. The molecule has 0 aliphatic rings. The van der Waals surface area contributed by atoms with Gasteiger partial charge in [-0.25, -0.2) is 0 Å². The van der Waals surface area contributed by atoms with Crippen LogP contribution in [0.25, 0.3) is 10.8 Å². The first-order chi connectivity index (χ1) is 8.33. The Balaban J connectivity index is 2.19. The number of unbranched alkanes of at least 4 members (excludes halogenated alkanes) is 1. The topological polar surface area (TPSA) is 9.23 Å². The summed E-state index contributed by atoms with van der Waals surface area (Å²) in [5.41, 5.74) is 0. The van der Waals surface area contributed by atoms with Crippen LogP contribution in [-0.2, 0) is 0 Å². The summed E-state index contributed by atoms with van der Waals surface area (Å²) in [6.45, 7) is 2.26. The molecule has 0 heterocycles. The van der Waals surface area contributed by atoms with E-state index < -0.39 is 0 Å². The first kappa shape index (κ1) is 12.7. The van der Waals surface area contributed by atoms with Gasteiger partial charge in [-0.3, -0.25) is 0 Å². The Morgan fingerprint density at radius 3 is 2.59 bits per heavy atom. The van der Waals surface area contributed by atoms with Crippen LogP contribution in [0.2, 0.25) is 4.47 Å². The van der Waals surface area contributed by atoms with Crippen LogP contribution in [0, 0.1) is 0 Å². The molecule has 1 nitrogen and oxygen atoms in total. The predicted molar refractivity (Wildman–Crippen MR) is 75.6 cm³/mol. The van der Waals surface area contributed by atoms with E-state index in [9.17, 15) is 0 Å². The molecule has 2 aromatic carbocycles. The Kier molecular flexibility index (Phi) is 4.71. The number of ether oxygens (including phenoxy) is 1. The molecule has 2 heteroatoms. The number of rotatable bonds is 5. The Labute approximate surface area is 113 Å². The van der Waals surface area contributed by atoms with Crippen molar-refractivity contribution in [3.05, 3.63) is 36.4 Å². The summed E-state index contributed by atoms with van der Waals surface area (Å²) in [6, 6.07) is 13.2. The van der Waals surface area contributed by atoms with E-state index in [4.69, 9.17) is 4.74 Å². The van der Waals surface area contributed by atoms with Gasteiger partial charge in [0.25, 0.3) is 0 Å². The standard InChI is InChI=1S/C15H18OTe/c1-3-4-9-17-15-8-6-12-10-14(16-2)7-5-13(12)11-15/h5-8,10-11H,3-4,9H2,1-2H3. The van der Waals surface area contributed by atoms with E-state index in [1.54, 1.807) is 10.7 Å². The van der Waals surface area contributed by atoms with Crippen LogP contribution < -0.4 is 8.35 Å². The first-order valence-corrected chi connectivity index (χ1v) is 8.85. The second kappa shape index (κ2) is 6.28. The second-order valence-corrected chi connectivity index (χ2v) is 7.41. The molecule has 0 radical (unpaired) electrons. The van der Waals surface area contributed by atoms with Crippen LogP contribution in [0.1, 0.15) is 19.8 Å². The molecule has 0 spiro atoms. The average Bonchev–Trinajstić information content (AvgIpc) is 2.38. The van der Waals surface area contributed by atoms with Crippen molar-refractivity contribution in [2.24, 2.45) is 0 Å². The predicted octanol–water partition coefficient (Wildman–Crippen LogP) is 3.40. The molecule has 0 aromatic heterocycles. The van der Waals surface area contributed by atoms with Crippen LogP contribution >= 0.6 is 0 Å². The fraction of sp³-hybridized carbons (Fsp3) is 0.333. The summed E-state index contributed by atoms with van der Waals surface area (Å²) < 4.78 is 8.23. The molecule has 2 aromatic rings. The van der Waals surface area contributed by atoms with Crippen LogP contribution in [0.15, 0.2) is 36.4 Å². The molecular formula is C15H18OTe. The average molecular weight is 342 g/mol. The van der Waals surface area contributed by atoms with Gasteiger partial charge in [0.1, 0.15) is 0 Å². The number of hydrogen-bond donors (Lipinski definition) is 0. The van der Waals surface area contributed by atoms with Gasteiger partial charge in [-0.05, 0) is 0 Å². The van der Waals surface area contributed by atoms with Crippen molar-refractivity contribution in [3.8, 4) is 5.75 Å². The van der Waals surface area contributed by atoms with Crippen molar-refractivity contribution in [2.45, 2.75) is 24.2 Å². The van der Waals surface area contributed by atoms with E-state index in [1.807, 2.05) is 6.07 Å². The van der Waals surface area contributed by atoms with Crippen molar-refractivity contribution in [2.75, 3.05) is 7.11 Å². The van der Waals surface area contributed by atoms with Gasteiger partial charge < -0.3 is 0 Å². The van der Waals surface area contributed by atoms with E-state index in [1.165, 1.54) is 28.1 Å². The van der Waals surface area contributed by atoms with Crippen molar-refractivity contribution in [1.82, 2.24) is 0 Å². The zero-order valence-electron chi connectivity index (χ0n) is 10.4. The first-order valence-electron chi connectivity index (χ1n) is 6.04. The maximum absolute atomic E-state index is 5.24. The molecule has 0 amide bonds. The molecule has 0 saturated heterocycles. The molecule has 0 saturated carbocycles. The summed E-state index contributed by atoms with van der Waals surface area (Å²) in [7, 11) is 1.72. The van der Waals surface area contributed by atoms with E-state index in [0.29, 0.717) is 0 Å². The monoisotopic (exact) mass is 344 g/mol. The zero-order valence-corrected chi connectivity index (χ0v) is 12.7. The summed E-state index contributed by atoms with van der Waals surface area (Å²) in [4.78, 5) is 0. The summed E-state index contributed by atoms with van der Waals surface area (Å²) in [5.74, 6) is 0.938. The third-order valence-corrected chi connectivity index (χ3v) is 5.87. The molecule has 0 fully saturated rings. The molecule has 0 atom stereocenters. The molecule has 17 heavy (non-hydrogen) atoms. The minimum absolute atomic E-state index is 0.0230. The van der Waals surface area contributed by atoms with Gasteiger partial charge in [0.2, 0.25) is 0 Å². The van der Waals surface area contributed by atoms with E-state index in [-0.39, 0.29) is 20.9 Å². The van der Waals surface area contributed by atoms with Crippen molar-refractivity contribution >= 4 is 35.3 Å². The Morgan fingerprint density at radius 1 is 1.06 bits per heavy atom. The molecule has 0 N–H and O–H groups in total. The molecule has 0 aliphatic carbocycles. The number of hydrogen-bond acceptors (Lipinski definition) is 1. The third kappa shape index (κ3) is 3.37. The fourth-order valence-corrected chi connectivity index (χ4v) is 4.73. The van der Waals surface area contributed by atoms with Crippen molar-refractivity contribution < 1.29 is 4.74 Å². The van der Waals surface area contributed by atoms with Crippen LogP contribution in [-0.4, -0.2) is 28.0 Å². The van der Waals surface area contributed by atoms with Gasteiger partial charge in [-0.1, -0.05) is 0 Å². The van der Waals surface area contributed by atoms with Gasteiger partial charge >= 0.3 is 114 Å². The molecular weight excluding hydrogens is 324 g/mol.